The van der Waals surface area contributed by atoms with E-state index in [1.807, 2.05) is 0 Å². The van der Waals surface area contributed by atoms with Crippen molar-refractivity contribution in [1.82, 2.24) is 14.7 Å². The van der Waals surface area contributed by atoms with Gasteiger partial charge in [0.25, 0.3) is 0 Å². The molecule has 0 aromatic heterocycles. The quantitative estimate of drug-likeness (QED) is 0.535. The molecule has 190 valence electrons. The van der Waals surface area contributed by atoms with Gasteiger partial charge in [0, 0.05) is 55.6 Å². The third kappa shape index (κ3) is 5.65. The SMILES string of the molecule is O=C1OCCN1CCN1CCN(CCCN2C3=CCCC=C3Sc3ccc(C(F)(F)F)cc32)CC1. The number of carbonyl (C=O) groups excluding carboxylic acids is 1. The average molecular weight is 509 g/mol. The molecule has 3 heterocycles. The summed E-state index contributed by atoms with van der Waals surface area (Å²) in [5, 5.41) is 0. The number of cyclic esters (lactones) is 1. The monoisotopic (exact) mass is 508 g/mol. The third-order valence-corrected chi connectivity index (χ3v) is 8.19. The molecule has 0 unspecified atom stereocenters. The Labute approximate surface area is 208 Å². The summed E-state index contributed by atoms with van der Waals surface area (Å²) in [5.41, 5.74) is 1.13. The lowest BCUT2D eigenvalue weighted by Gasteiger charge is -2.38. The van der Waals surface area contributed by atoms with E-state index in [1.54, 1.807) is 22.7 Å². The molecular weight excluding hydrogens is 477 g/mol. The molecule has 2 saturated heterocycles. The van der Waals surface area contributed by atoms with Gasteiger partial charge >= 0.3 is 12.3 Å². The van der Waals surface area contributed by atoms with Gasteiger partial charge < -0.3 is 19.4 Å². The highest BCUT2D eigenvalue weighted by molar-refractivity contribution is 8.03. The highest BCUT2D eigenvalue weighted by Gasteiger charge is 2.34. The molecule has 0 N–H and O–H groups in total. The molecule has 0 saturated carbocycles. The van der Waals surface area contributed by atoms with Crippen LogP contribution < -0.4 is 4.90 Å². The van der Waals surface area contributed by atoms with Crippen LogP contribution in [-0.2, 0) is 10.9 Å². The standard InChI is InChI=1S/C25H31F3N4O2S/c26-25(27,28)19-6-7-23-21(18-19)32(20-4-1-2-5-22(20)35-23)9-3-8-29-10-12-30(13-11-29)14-15-31-16-17-34-24(31)33/h4-7,18H,1-3,8-17H2. The smallest absolute Gasteiger partial charge is 0.416 e. The van der Waals surface area contributed by atoms with E-state index in [0.717, 1.165) is 74.0 Å². The van der Waals surface area contributed by atoms with Crippen molar-refractivity contribution >= 4 is 23.5 Å². The summed E-state index contributed by atoms with van der Waals surface area (Å²) in [5.74, 6) is 0. The normalized spacial score (nSPS) is 21.4. The van der Waals surface area contributed by atoms with Gasteiger partial charge in [-0.1, -0.05) is 23.9 Å². The number of rotatable bonds is 7. The molecule has 6 nitrogen and oxygen atoms in total. The van der Waals surface area contributed by atoms with Crippen LogP contribution >= 0.6 is 11.8 Å². The number of hydrogen-bond acceptors (Lipinski definition) is 6. The summed E-state index contributed by atoms with van der Waals surface area (Å²) in [6, 6.07) is 4.11. The number of hydrogen-bond donors (Lipinski definition) is 0. The molecule has 1 aliphatic carbocycles. The number of amides is 1. The first kappa shape index (κ1) is 24.5. The topological polar surface area (TPSA) is 39.3 Å². The van der Waals surface area contributed by atoms with Crippen LogP contribution in [0.1, 0.15) is 24.8 Å². The van der Waals surface area contributed by atoms with Gasteiger partial charge in [0.05, 0.1) is 23.5 Å². The minimum atomic E-state index is -4.35. The van der Waals surface area contributed by atoms with Crippen LogP contribution in [0.5, 0.6) is 0 Å². The number of benzene rings is 1. The number of fused-ring (bicyclic) bond motifs is 2. The van der Waals surface area contributed by atoms with Gasteiger partial charge in [-0.15, -0.1) is 0 Å². The molecule has 1 aromatic carbocycles. The maximum Gasteiger partial charge on any atom is 0.416 e. The number of carbonyl (C=O) groups is 1. The summed E-state index contributed by atoms with van der Waals surface area (Å²) in [6.07, 6.45) is 2.58. The molecule has 0 bridgehead atoms. The number of piperazine rings is 1. The van der Waals surface area contributed by atoms with Gasteiger partial charge in [-0.05, 0) is 44.0 Å². The van der Waals surface area contributed by atoms with Crippen LogP contribution in [0.3, 0.4) is 0 Å². The minimum Gasteiger partial charge on any atom is -0.448 e. The van der Waals surface area contributed by atoms with E-state index in [1.165, 1.54) is 12.1 Å². The van der Waals surface area contributed by atoms with Gasteiger partial charge in [0.2, 0.25) is 0 Å². The van der Waals surface area contributed by atoms with Gasteiger partial charge in [-0.25, -0.2) is 4.79 Å². The fraction of sp³-hybridized carbons (Fsp3) is 0.560. The number of halogens is 3. The van der Waals surface area contributed by atoms with Crippen molar-refractivity contribution in [3.05, 3.63) is 46.5 Å². The van der Waals surface area contributed by atoms with E-state index in [0.29, 0.717) is 31.9 Å². The maximum atomic E-state index is 13.4. The van der Waals surface area contributed by atoms with Crippen LogP contribution in [0.4, 0.5) is 23.7 Å². The zero-order chi connectivity index (χ0) is 24.4. The molecule has 3 aliphatic heterocycles. The van der Waals surface area contributed by atoms with Crippen molar-refractivity contribution in [3.63, 3.8) is 0 Å². The maximum absolute atomic E-state index is 13.4. The van der Waals surface area contributed by atoms with Gasteiger partial charge in [0.1, 0.15) is 6.61 Å². The molecular formula is C25H31F3N4O2S. The molecule has 2 fully saturated rings. The first-order valence-corrected chi connectivity index (χ1v) is 13.1. The van der Waals surface area contributed by atoms with E-state index < -0.39 is 11.7 Å². The van der Waals surface area contributed by atoms with Crippen LogP contribution in [0, 0.1) is 0 Å². The molecule has 0 radical (unpaired) electrons. The molecule has 0 spiro atoms. The van der Waals surface area contributed by atoms with Gasteiger partial charge in [0.15, 0.2) is 0 Å². The van der Waals surface area contributed by atoms with E-state index in [4.69, 9.17) is 4.74 Å². The van der Waals surface area contributed by atoms with Crippen molar-refractivity contribution in [2.24, 2.45) is 0 Å². The molecule has 5 rings (SSSR count). The molecule has 4 aliphatic rings. The number of nitrogens with zero attached hydrogens (tertiary/aromatic N) is 4. The van der Waals surface area contributed by atoms with E-state index in [9.17, 15) is 18.0 Å². The predicted molar refractivity (Wildman–Crippen MR) is 130 cm³/mol. The largest absolute Gasteiger partial charge is 0.448 e. The predicted octanol–water partition coefficient (Wildman–Crippen LogP) is 4.64. The summed E-state index contributed by atoms with van der Waals surface area (Å²) in [7, 11) is 0. The second-order valence-corrected chi connectivity index (χ2v) is 10.4. The molecule has 1 aromatic rings. The Bertz CT molecular complexity index is 1000. The Hall–Kier alpha value is -2.17. The van der Waals surface area contributed by atoms with Crippen LogP contribution in [-0.4, -0.2) is 86.3 Å². The summed E-state index contributed by atoms with van der Waals surface area (Å²) >= 11 is 1.58. The first-order chi connectivity index (χ1) is 16.9. The van der Waals surface area contributed by atoms with Gasteiger partial charge in [-0.3, -0.25) is 4.90 Å². The fourth-order valence-corrected chi connectivity index (χ4v) is 6.18. The van der Waals surface area contributed by atoms with E-state index in [-0.39, 0.29) is 6.09 Å². The minimum absolute atomic E-state index is 0.213. The molecule has 35 heavy (non-hydrogen) atoms. The van der Waals surface area contributed by atoms with Crippen LogP contribution in [0.15, 0.2) is 45.8 Å². The van der Waals surface area contributed by atoms with Crippen molar-refractivity contribution < 1.29 is 22.7 Å². The second-order valence-electron chi connectivity index (χ2n) is 9.31. The molecule has 10 heteroatoms. The number of anilines is 1. The van der Waals surface area contributed by atoms with E-state index in [2.05, 4.69) is 26.9 Å². The Morgan fingerprint density at radius 2 is 1.66 bits per heavy atom. The summed E-state index contributed by atoms with van der Waals surface area (Å²) in [6.45, 7) is 8.16. The summed E-state index contributed by atoms with van der Waals surface area (Å²) in [4.78, 5) is 22.3. The lowest BCUT2D eigenvalue weighted by atomic mass is 10.1. The Morgan fingerprint density at radius 1 is 0.914 bits per heavy atom. The fourth-order valence-electron chi connectivity index (χ4n) is 5.04. The number of alkyl halides is 3. The molecule has 0 atom stereocenters. The van der Waals surface area contributed by atoms with Crippen molar-refractivity contribution in [2.45, 2.75) is 30.3 Å². The van der Waals surface area contributed by atoms with Gasteiger partial charge in [-0.2, -0.15) is 13.2 Å². The Kier molecular flexibility index (Phi) is 7.31. The van der Waals surface area contributed by atoms with Crippen molar-refractivity contribution in [1.29, 1.82) is 0 Å². The third-order valence-electron chi connectivity index (χ3n) is 7.03. The van der Waals surface area contributed by atoms with Crippen molar-refractivity contribution in [2.75, 3.05) is 70.4 Å². The van der Waals surface area contributed by atoms with Crippen LogP contribution in [0.25, 0.3) is 0 Å². The second kappa shape index (κ2) is 10.4. The van der Waals surface area contributed by atoms with Crippen LogP contribution in [0.2, 0.25) is 0 Å². The zero-order valence-electron chi connectivity index (χ0n) is 19.7. The van der Waals surface area contributed by atoms with E-state index >= 15 is 0 Å². The summed E-state index contributed by atoms with van der Waals surface area (Å²) < 4.78 is 45.2. The van der Waals surface area contributed by atoms with Crippen molar-refractivity contribution in [3.8, 4) is 0 Å². The average Bonchev–Trinajstić information content (AvgIpc) is 3.26. The Balaban J connectivity index is 1.16. The molecule has 1 amide bonds. The highest BCUT2D eigenvalue weighted by Crippen LogP contribution is 2.49. The lowest BCUT2D eigenvalue weighted by Crippen LogP contribution is -2.49. The zero-order valence-corrected chi connectivity index (χ0v) is 20.5. The Morgan fingerprint density at radius 3 is 2.37 bits per heavy atom. The number of ether oxygens (including phenoxy) is 1. The lowest BCUT2D eigenvalue weighted by molar-refractivity contribution is -0.137. The number of allylic oxidation sites excluding steroid dienone is 2. The highest BCUT2D eigenvalue weighted by atomic mass is 32.2. The first-order valence-electron chi connectivity index (χ1n) is 12.3. The number of thioether (sulfide) groups is 1.